The highest BCUT2D eigenvalue weighted by Gasteiger charge is 2.25. The van der Waals surface area contributed by atoms with Gasteiger partial charge in [-0.3, -0.25) is 9.78 Å². The van der Waals surface area contributed by atoms with E-state index in [9.17, 15) is 4.79 Å². The molecule has 0 bridgehead atoms. The normalized spacial score (nSPS) is 18.7. The van der Waals surface area contributed by atoms with Crippen molar-refractivity contribution >= 4 is 5.91 Å². The van der Waals surface area contributed by atoms with Crippen LogP contribution in [0.5, 0.6) is 0 Å². The number of hydrogen-bond acceptors (Lipinski definition) is 4. The first-order valence-corrected chi connectivity index (χ1v) is 7.70. The highest BCUT2D eigenvalue weighted by Crippen LogP contribution is 2.15. The van der Waals surface area contributed by atoms with Gasteiger partial charge in [-0.1, -0.05) is 6.07 Å². The smallest absolute Gasteiger partial charge is 0.227 e. The monoisotopic (exact) mass is 290 g/mol. The number of carbonyl (C=O) groups is 1. The standard InChI is InChI=1S/C16H26N4O/c1-19(2)9-10-20(13-14-5-3-7-17-11-14)16(21)15-6-4-8-18-12-15/h3,5,7,11,15,18H,4,6,8-10,12-13H2,1-2H3/t15-/m0/s1. The van der Waals surface area contributed by atoms with Crippen molar-refractivity contribution < 1.29 is 4.79 Å². The molecule has 1 atom stereocenters. The minimum absolute atomic E-state index is 0.123. The molecule has 0 spiro atoms. The lowest BCUT2D eigenvalue weighted by molar-refractivity contribution is -0.136. The first-order chi connectivity index (χ1) is 10.2. The van der Waals surface area contributed by atoms with E-state index in [0.717, 1.165) is 44.6 Å². The van der Waals surface area contributed by atoms with Gasteiger partial charge in [0.25, 0.3) is 0 Å². The second kappa shape index (κ2) is 8.10. The summed E-state index contributed by atoms with van der Waals surface area (Å²) in [4.78, 5) is 21.0. The average molecular weight is 290 g/mol. The van der Waals surface area contributed by atoms with Crippen LogP contribution in [-0.4, -0.2) is 61.0 Å². The molecule has 1 saturated heterocycles. The lowest BCUT2D eigenvalue weighted by atomic mass is 9.98. The Labute approximate surface area is 127 Å². The maximum absolute atomic E-state index is 12.8. The van der Waals surface area contributed by atoms with Gasteiger partial charge in [0.15, 0.2) is 0 Å². The van der Waals surface area contributed by atoms with Gasteiger partial charge >= 0.3 is 0 Å². The number of amides is 1. The molecule has 116 valence electrons. The van der Waals surface area contributed by atoms with Crippen LogP contribution in [0.2, 0.25) is 0 Å². The van der Waals surface area contributed by atoms with E-state index in [1.807, 2.05) is 37.3 Å². The fraction of sp³-hybridized carbons (Fsp3) is 0.625. The summed E-state index contributed by atoms with van der Waals surface area (Å²) in [6.45, 7) is 4.13. The van der Waals surface area contributed by atoms with E-state index in [0.29, 0.717) is 6.54 Å². The minimum Gasteiger partial charge on any atom is -0.337 e. The molecule has 21 heavy (non-hydrogen) atoms. The van der Waals surface area contributed by atoms with Crippen molar-refractivity contribution in [2.24, 2.45) is 5.92 Å². The Bertz CT molecular complexity index is 429. The van der Waals surface area contributed by atoms with Gasteiger partial charge in [0.1, 0.15) is 0 Å². The molecule has 0 radical (unpaired) electrons. The number of piperidine rings is 1. The molecule has 0 unspecified atom stereocenters. The Balaban J connectivity index is 2.01. The molecule has 2 rings (SSSR count). The lowest BCUT2D eigenvalue weighted by Gasteiger charge is -2.30. The first kappa shape index (κ1) is 15.9. The number of pyridine rings is 1. The summed E-state index contributed by atoms with van der Waals surface area (Å²) in [5.74, 6) is 0.394. The van der Waals surface area contributed by atoms with E-state index < -0.39 is 0 Å². The summed E-state index contributed by atoms with van der Waals surface area (Å²) >= 11 is 0. The molecule has 1 aliphatic rings. The molecule has 1 aromatic heterocycles. The van der Waals surface area contributed by atoms with E-state index in [4.69, 9.17) is 0 Å². The number of nitrogens with zero attached hydrogens (tertiary/aromatic N) is 3. The number of rotatable bonds is 6. The van der Waals surface area contributed by atoms with E-state index in [1.165, 1.54) is 0 Å². The third-order valence-corrected chi connectivity index (χ3v) is 3.87. The largest absolute Gasteiger partial charge is 0.337 e. The van der Waals surface area contributed by atoms with E-state index in [2.05, 4.69) is 15.2 Å². The second-order valence-electron chi connectivity index (χ2n) is 5.97. The number of aromatic nitrogens is 1. The van der Waals surface area contributed by atoms with E-state index in [-0.39, 0.29) is 11.8 Å². The van der Waals surface area contributed by atoms with Gasteiger partial charge in [0.2, 0.25) is 5.91 Å². The Morgan fingerprint density at radius 3 is 2.90 bits per heavy atom. The summed E-state index contributed by atoms with van der Waals surface area (Å²) in [7, 11) is 4.07. The molecule has 0 aromatic carbocycles. The Morgan fingerprint density at radius 2 is 2.29 bits per heavy atom. The quantitative estimate of drug-likeness (QED) is 0.848. The fourth-order valence-corrected chi connectivity index (χ4v) is 2.62. The van der Waals surface area contributed by atoms with Crippen molar-refractivity contribution in [1.82, 2.24) is 20.1 Å². The maximum Gasteiger partial charge on any atom is 0.227 e. The van der Waals surface area contributed by atoms with Crippen LogP contribution in [0, 0.1) is 5.92 Å². The summed E-state index contributed by atoms with van der Waals surface area (Å²) in [6.07, 6.45) is 5.69. The van der Waals surface area contributed by atoms with Gasteiger partial charge in [0, 0.05) is 38.6 Å². The van der Waals surface area contributed by atoms with Crippen LogP contribution in [0.4, 0.5) is 0 Å². The molecule has 0 saturated carbocycles. The zero-order valence-corrected chi connectivity index (χ0v) is 13.1. The van der Waals surface area contributed by atoms with Crippen molar-refractivity contribution in [2.75, 3.05) is 40.3 Å². The Morgan fingerprint density at radius 1 is 1.43 bits per heavy atom. The van der Waals surface area contributed by atoms with Crippen molar-refractivity contribution in [1.29, 1.82) is 0 Å². The fourth-order valence-electron chi connectivity index (χ4n) is 2.62. The maximum atomic E-state index is 12.8. The van der Waals surface area contributed by atoms with Crippen molar-refractivity contribution in [3.63, 3.8) is 0 Å². The average Bonchev–Trinajstić information content (AvgIpc) is 2.52. The van der Waals surface area contributed by atoms with Crippen molar-refractivity contribution in [3.8, 4) is 0 Å². The molecule has 5 nitrogen and oxygen atoms in total. The van der Waals surface area contributed by atoms with Crippen LogP contribution in [0.3, 0.4) is 0 Å². The van der Waals surface area contributed by atoms with Crippen molar-refractivity contribution in [2.45, 2.75) is 19.4 Å². The predicted octanol–water partition coefficient (Wildman–Crippen LogP) is 0.971. The van der Waals surface area contributed by atoms with Gasteiger partial charge in [0.05, 0.1) is 5.92 Å². The summed E-state index contributed by atoms with van der Waals surface area (Å²) < 4.78 is 0. The van der Waals surface area contributed by atoms with Crippen LogP contribution in [0.15, 0.2) is 24.5 Å². The number of nitrogens with one attached hydrogen (secondary N) is 1. The molecule has 2 heterocycles. The minimum atomic E-state index is 0.123. The number of likely N-dealkylation sites (N-methyl/N-ethyl adjacent to an activating group) is 1. The molecule has 1 amide bonds. The molecule has 1 fully saturated rings. The van der Waals surface area contributed by atoms with Crippen LogP contribution in [0.25, 0.3) is 0 Å². The summed E-state index contributed by atoms with van der Waals surface area (Å²) in [5.41, 5.74) is 1.09. The molecule has 5 heteroatoms. The van der Waals surface area contributed by atoms with Gasteiger partial charge in [-0.15, -0.1) is 0 Å². The second-order valence-corrected chi connectivity index (χ2v) is 5.97. The van der Waals surface area contributed by atoms with Gasteiger partial charge < -0.3 is 15.1 Å². The molecule has 1 aliphatic heterocycles. The Hall–Kier alpha value is -1.46. The molecular formula is C16H26N4O. The van der Waals surface area contributed by atoms with Crippen LogP contribution in [0.1, 0.15) is 18.4 Å². The third kappa shape index (κ3) is 5.10. The topological polar surface area (TPSA) is 48.5 Å². The lowest BCUT2D eigenvalue weighted by Crippen LogP contribution is -2.44. The van der Waals surface area contributed by atoms with Crippen LogP contribution in [-0.2, 0) is 11.3 Å². The molecule has 1 N–H and O–H groups in total. The third-order valence-electron chi connectivity index (χ3n) is 3.87. The number of carbonyl (C=O) groups excluding carboxylic acids is 1. The first-order valence-electron chi connectivity index (χ1n) is 7.70. The Kier molecular flexibility index (Phi) is 6.14. The van der Waals surface area contributed by atoms with E-state index >= 15 is 0 Å². The van der Waals surface area contributed by atoms with Crippen molar-refractivity contribution in [3.05, 3.63) is 30.1 Å². The highest BCUT2D eigenvalue weighted by atomic mass is 16.2. The van der Waals surface area contributed by atoms with Gasteiger partial charge in [-0.25, -0.2) is 0 Å². The van der Waals surface area contributed by atoms with Crippen LogP contribution >= 0.6 is 0 Å². The molecule has 0 aliphatic carbocycles. The zero-order valence-electron chi connectivity index (χ0n) is 13.1. The molecular weight excluding hydrogens is 264 g/mol. The number of hydrogen-bond donors (Lipinski definition) is 1. The van der Waals surface area contributed by atoms with Gasteiger partial charge in [-0.05, 0) is 45.1 Å². The zero-order chi connectivity index (χ0) is 15.1. The predicted molar refractivity (Wildman–Crippen MR) is 83.8 cm³/mol. The SMILES string of the molecule is CN(C)CCN(Cc1cccnc1)C(=O)[C@H]1CCCNC1. The van der Waals surface area contributed by atoms with E-state index in [1.54, 1.807) is 6.20 Å². The summed E-state index contributed by atoms with van der Waals surface area (Å²) in [5, 5.41) is 3.33. The summed E-state index contributed by atoms with van der Waals surface area (Å²) in [6, 6.07) is 3.95. The van der Waals surface area contributed by atoms with Crippen LogP contribution < -0.4 is 5.32 Å². The highest BCUT2D eigenvalue weighted by molar-refractivity contribution is 5.79. The van der Waals surface area contributed by atoms with Gasteiger partial charge in [-0.2, -0.15) is 0 Å². The molecule has 1 aromatic rings.